The van der Waals surface area contributed by atoms with E-state index in [1.54, 1.807) is 13.0 Å². The largest absolute Gasteiger partial charge is 0.391 e. The van der Waals surface area contributed by atoms with Crippen LogP contribution in [0.15, 0.2) is 10.6 Å². The molecule has 0 saturated heterocycles. The summed E-state index contributed by atoms with van der Waals surface area (Å²) in [7, 11) is 0. The molecule has 84 valence electrons. The number of carbonyl (C=O) groups is 1. The third-order valence-electron chi connectivity index (χ3n) is 1.97. The number of carbonyl (C=O) groups excluding carboxylic acids is 1. The van der Waals surface area contributed by atoms with Crippen LogP contribution in [0.4, 0.5) is 0 Å². The van der Waals surface area contributed by atoms with Gasteiger partial charge in [0.05, 0.1) is 11.8 Å². The van der Waals surface area contributed by atoms with Gasteiger partial charge in [0.15, 0.2) is 0 Å². The van der Waals surface area contributed by atoms with E-state index in [1.807, 2.05) is 6.92 Å². The minimum Gasteiger partial charge on any atom is -0.391 e. The van der Waals surface area contributed by atoms with Crippen LogP contribution in [0.3, 0.4) is 0 Å². The molecule has 0 bridgehead atoms. The van der Waals surface area contributed by atoms with Crippen LogP contribution >= 0.6 is 0 Å². The van der Waals surface area contributed by atoms with Gasteiger partial charge in [0, 0.05) is 12.6 Å². The molecule has 15 heavy (non-hydrogen) atoms. The molecule has 0 spiro atoms. The van der Waals surface area contributed by atoms with Crippen LogP contribution in [-0.4, -0.2) is 28.8 Å². The summed E-state index contributed by atoms with van der Waals surface area (Å²) in [5.41, 5.74) is 0.661. The normalized spacial score (nSPS) is 12.5. The van der Waals surface area contributed by atoms with Gasteiger partial charge in [-0.3, -0.25) is 4.79 Å². The van der Waals surface area contributed by atoms with Gasteiger partial charge in [0.1, 0.15) is 0 Å². The SMILES string of the molecule is CCCC(O)CNC(=O)c1cc(C)no1. The molecule has 0 aliphatic heterocycles. The molecular formula is C10H16N2O3. The molecule has 1 aromatic heterocycles. The van der Waals surface area contributed by atoms with Gasteiger partial charge in [-0.1, -0.05) is 18.5 Å². The summed E-state index contributed by atoms with van der Waals surface area (Å²) < 4.78 is 4.77. The minimum atomic E-state index is -0.497. The zero-order valence-electron chi connectivity index (χ0n) is 8.99. The van der Waals surface area contributed by atoms with Crippen molar-refractivity contribution in [3.05, 3.63) is 17.5 Å². The zero-order chi connectivity index (χ0) is 11.3. The Morgan fingerprint density at radius 1 is 1.73 bits per heavy atom. The molecule has 0 aliphatic rings. The number of rotatable bonds is 5. The van der Waals surface area contributed by atoms with E-state index >= 15 is 0 Å². The average molecular weight is 212 g/mol. The Hall–Kier alpha value is -1.36. The maximum atomic E-state index is 11.4. The third-order valence-corrected chi connectivity index (χ3v) is 1.97. The fraction of sp³-hybridized carbons (Fsp3) is 0.600. The van der Waals surface area contributed by atoms with E-state index in [4.69, 9.17) is 4.52 Å². The van der Waals surface area contributed by atoms with Crippen LogP contribution in [0, 0.1) is 6.92 Å². The molecule has 1 unspecified atom stereocenters. The lowest BCUT2D eigenvalue weighted by molar-refractivity contribution is 0.0874. The molecule has 0 fully saturated rings. The van der Waals surface area contributed by atoms with Crippen molar-refractivity contribution in [2.24, 2.45) is 0 Å². The Kier molecular flexibility index (Phi) is 4.30. The van der Waals surface area contributed by atoms with E-state index in [2.05, 4.69) is 10.5 Å². The van der Waals surface area contributed by atoms with Crippen molar-refractivity contribution in [1.29, 1.82) is 0 Å². The van der Waals surface area contributed by atoms with Gasteiger partial charge in [-0.25, -0.2) is 0 Å². The molecule has 2 N–H and O–H groups in total. The van der Waals surface area contributed by atoms with E-state index in [0.29, 0.717) is 12.1 Å². The number of hydrogen-bond acceptors (Lipinski definition) is 4. The lowest BCUT2D eigenvalue weighted by Gasteiger charge is -2.08. The van der Waals surface area contributed by atoms with Gasteiger partial charge in [-0.2, -0.15) is 0 Å². The maximum absolute atomic E-state index is 11.4. The highest BCUT2D eigenvalue weighted by Gasteiger charge is 2.12. The predicted octanol–water partition coefficient (Wildman–Crippen LogP) is 0.874. The Bertz CT molecular complexity index is 322. The maximum Gasteiger partial charge on any atom is 0.289 e. The summed E-state index contributed by atoms with van der Waals surface area (Å²) in [5, 5.41) is 15.6. The van der Waals surface area contributed by atoms with E-state index < -0.39 is 6.10 Å². The zero-order valence-corrected chi connectivity index (χ0v) is 8.99. The van der Waals surface area contributed by atoms with Gasteiger partial charge < -0.3 is 14.9 Å². The van der Waals surface area contributed by atoms with Gasteiger partial charge in [-0.15, -0.1) is 0 Å². The summed E-state index contributed by atoms with van der Waals surface area (Å²) in [5.74, 6) is -0.165. The number of aryl methyl sites for hydroxylation is 1. The van der Waals surface area contributed by atoms with Crippen molar-refractivity contribution in [2.45, 2.75) is 32.8 Å². The summed E-state index contributed by atoms with van der Waals surface area (Å²) >= 11 is 0. The summed E-state index contributed by atoms with van der Waals surface area (Å²) in [6.07, 6.45) is 1.07. The summed E-state index contributed by atoms with van der Waals surface area (Å²) in [4.78, 5) is 11.4. The minimum absolute atomic E-state index is 0.177. The first kappa shape index (κ1) is 11.7. The van der Waals surface area contributed by atoms with Gasteiger partial charge >= 0.3 is 0 Å². The Morgan fingerprint density at radius 3 is 3.00 bits per heavy atom. The topological polar surface area (TPSA) is 75.4 Å². The molecular weight excluding hydrogens is 196 g/mol. The first-order valence-corrected chi connectivity index (χ1v) is 5.03. The highest BCUT2D eigenvalue weighted by molar-refractivity contribution is 5.91. The molecule has 0 aliphatic carbocycles. The van der Waals surface area contributed by atoms with E-state index in [1.165, 1.54) is 0 Å². The number of aliphatic hydroxyl groups is 1. The van der Waals surface area contributed by atoms with Crippen LogP contribution in [0.2, 0.25) is 0 Å². The number of nitrogens with one attached hydrogen (secondary N) is 1. The number of aliphatic hydroxyl groups excluding tert-OH is 1. The van der Waals surface area contributed by atoms with Crippen LogP contribution in [-0.2, 0) is 0 Å². The first-order chi connectivity index (χ1) is 7.13. The average Bonchev–Trinajstić information content (AvgIpc) is 2.62. The lowest BCUT2D eigenvalue weighted by atomic mass is 10.2. The van der Waals surface area contributed by atoms with Crippen LogP contribution in [0.1, 0.15) is 36.0 Å². The Morgan fingerprint density at radius 2 is 2.47 bits per heavy atom. The Labute approximate surface area is 88.5 Å². The highest BCUT2D eigenvalue weighted by Crippen LogP contribution is 2.02. The monoisotopic (exact) mass is 212 g/mol. The van der Waals surface area contributed by atoms with E-state index in [9.17, 15) is 9.90 Å². The molecule has 5 nitrogen and oxygen atoms in total. The summed E-state index contributed by atoms with van der Waals surface area (Å²) in [6, 6.07) is 1.56. The van der Waals surface area contributed by atoms with Crippen molar-refractivity contribution in [3.8, 4) is 0 Å². The van der Waals surface area contributed by atoms with Crippen molar-refractivity contribution in [2.75, 3.05) is 6.54 Å². The molecule has 1 rings (SSSR count). The van der Waals surface area contributed by atoms with Gasteiger partial charge in [0.25, 0.3) is 5.91 Å². The fourth-order valence-electron chi connectivity index (χ4n) is 1.20. The number of nitrogens with zero attached hydrogens (tertiary/aromatic N) is 1. The second-order valence-electron chi connectivity index (χ2n) is 3.49. The van der Waals surface area contributed by atoms with Crippen molar-refractivity contribution in [1.82, 2.24) is 10.5 Å². The van der Waals surface area contributed by atoms with Crippen LogP contribution in [0.5, 0.6) is 0 Å². The first-order valence-electron chi connectivity index (χ1n) is 5.03. The third kappa shape index (κ3) is 3.71. The molecule has 5 heteroatoms. The van der Waals surface area contributed by atoms with Crippen LogP contribution < -0.4 is 5.32 Å². The fourth-order valence-corrected chi connectivity index (χ4v) is 1.20. The molecule has 0 radical (unpaired) electrons. The lowest BCUT2D eigenvalue weighted by Crippen LogP contribution is -2.31. The standard InChI is InChI=1S/C10H16N2O3/c1-3-4-8(13)6-11-10(14)9-5-7(2)12-15-9/h5,8,13H,3-4,6H2,1-2H3,(H,11,14). The van der Waals surface area contributed by atoms with Crippen molar-refractivity contribution < 1.29 is 14.4 Å². The molecule has 1 aromatic rings. The molecule has 0 saturated carbocycles. The number of amides is 1. The van der Waals surface area contributed by atoms with Crippen molar-refractivity contribution >= 4 is 5.91 Å². The highest BCUT2D eigenvalue weighted by atomic mass is 16.5. The second-order valence-corrected chi connectivity index (χ2v) is 3.49. The second kappa shape index (κ2) is 5.50. The summed E-state index contributed by atoms with van der Waals surface area (Å²) in [6.45, 7) is 3.96. The van der Waals surface area contributed by atoms with Gasteiger partial charge in [-0.05, 0) is 13.3 Å². The number of hydrogen-bond donors (Lipinski definition) is 2. The Balaban J connectivity index is 2.36. The smallest absolute Gasteiger partial charge is 0.289 e. The molecule has 1 amide bonds. The quantitative estimate of drug-likeness (QED) is 0.759. The molecule has 0 aromatic carbocycles. The van der Waals surface area contributed by atoms with Crippen LogP contribution in [0.25, 0.3) is 0 Å². The van der Waals surface area contributed by atoms with E-state index in [-0.39, 0.29) is 18.2 Å². The molecule has 1 heterocycles. The van der Waals surface area contributed by atoms with Crippen molar-refractivity contribution in [3.63, 3.8) is 0 Å². The van der Waals surface area contributed by atoms with Gasteiger partial charge in [0.2, 0.25) is 5.76 Å². The molecule has 1 atom stereocenters. The predicted molar refractivity (Wildman–Crippen MR) is 54.5 cm³/mol. The number of aromatic nitrogens is 1. The van der Waals surface area contributed by atoms with E-state index in [0.717, 1.165) is 6.42 Å².